The highest BCUT2D eigenvalue weighted by atomic mass is 16.6. The van der Waals surface area contributed by atoms with Crippen LogP contribution in [0.25, 0.3) is 0 Å². The van der Waals surface area contributed by atoms with Gasteiger partial charge in [-0.15, -0.1) is 0 Å². The van der Waals surface area contributed by atoms with Crippen LogP contribution in [0.4, 0.5) is 0 Å². The quantitative estimate of drug-likeness (QED) is 0.502. The van der Waals surface area contributed by atoms with Crippen LogP contribution < -0.4 is 0 Å². The number of rotatable bonds is 8. The minimum Gasteiger partial charge on any atom is -0.381 e. The Morgan fingerprint density at radius 3 is 2.55 bits per heavy atom. The van der Waals surface area contributed by atoms with E-state index in [-0.39, 0.29) is 17.3 Å². The van der Waals surface area contributed by atoms with Gasteiger partial charge in [-0.2, -0.15) is 0 Å². The van der Waals surface area contributed by atoms with E-state index < -0.39 is 0 Å². The second-order valence-electron chi connectivity index (χ2n) is 6.83. The molecular formula is C17H30O3. The SMILES string of the molecule is CCC[C@@]1(C(C(C)OC)C2(C)OC2CC=C(C)C)CO1. The fourth-order valence-corrected chi connectivity index (χ4v) is 3.72. The second kappa shape index (κ2) is 5.78. The Labute approximate surface area is 123 Å². The molecule has 2 fully saturated rings. The Morgan fingerprint density at radius 1 is 1.45 bits per heavy atom. The highest BCUT2D eigenvalue weighted by Gasteiger charge is 2.68. The van der Waals surface area contributed by atoms with Gasteiger partial charge >= 0.3 is 0 Å². The number of allylic oxidation sites excluding steroid dienone is 1. The minimum absolute atomic E-state index is 0.0152. The molecule has 2 aliphatic heterocycles. The normalized spacial score (nSPS) is 38.2. The van der Waals surface area contributed by atoms with Crippen molar-refractivity contribution in [2.45, 2.75) is 77.3 Å². The summed E-state index contributed by atoms with van der Waals surface area (Å²) in [7, 11) is 1.79. The van der Waals surface area contributed by atoms with Gasteiger partial charge in [0, 0.05) is 13.0 Å². The first-order valence-electron chi connectivity index (χ1n) is 7.87. The largest absolute Gasteiger partial charge is 0.381 e. The van der Waals surface area contributed by atoms with Gasteiger partial charge in [-0.1, -0.05) is 25.0 Å². The zero-order valence-corrected chi connectivity index (χ0v) is 13.9. The first kappa shape index (κ1) is 16.0. The van der Waals surface area contributed by atoms with Crippen LogP contribution in [-0.2, 0) is 14.2 Å². The minimum atomic E-state index is -0.104. The van der Waals surface area contributed by atoms with Crippen LogP contribution in [0.3, 0.4) is 0 Å². The Kier molecular flexibility index (Phi) is 4.63. The van der Waals surface area contributed by atoms with Crippen molar-refractivity contribution in [2.24, 2.45) is 5.92 Å². The summed E-state index contributed by atoms with van der Waals surface area (Å²) in [6.07, 6.45) is 5.96. The maximum absolute atomic E-state index is 6.11. The van der Waals surface area contributed by atoms with Crippen LogP contribution in [0, 0.1) is 5.92 Å². The van der Waals surface area contributed by atoms with Crippen molar-refractivity contribution in [3.63, 3.8) is 0 Å². The van der Waals surface area contributed by atoms with Crippen LogP contribution in [0.2, 0.25) is 0 Å². The first-order valence-corrected chi connectivity index (χ1v) is 7.87. The van der Waals surface area contributed by atoms with E-state index in [9.17, 15) is 0 Å². The van der Waals surface area contributed by atoms with Gasteiger partial charge in [0.1, 0.15) is 5.60 Å². The summed E-state index contributed by atoms with van der Waals surface area (Å²) in [6.45, 7) is 11.7. The van der Waals surface area contributed by atoms with Crippen LogP contribution in [0.1, 0.15) is 53.9 Å². The molecule has 4 unspecified atom stereocenters. The number of hydrogen-bond acceptors (Lipinski definition) is 3. The third-order valence-corrected chi connectivity index (χ3v) is 4.93. The smallest absolute Gasteiger partial charge is 0.100 e. The lowest BCUT2D eigenvalue weighted by atomic mass is 9.74. The molecule has 116 valence electrons. The lowest BCUT2D eigenvalue weighted by molar-refractivity contribution is -0.0133. The van der Waals surface area contributed by atoms with E-state index in [2.05, 4.69) is 40.7 Å². The molecule has 0 aromatic carbocycles. The average Bonchev–Trinajstić information content (AvgIpc) is 3.27. The molecule has 0 aromatic heterocycles. The van der Waals surface area contributed by atoms with Gasteiger partial charge in [-0.05, 0) is 40.5 Å². The van der Waals surface area contributed by atoms with Gasteiger partial charge in [0.05, 0.1) is 24.4 Å². The summed E-state index contributed by atoms with van der Waals surface area (Å²) in [4.78, 5) is 0. The molecule has 2 aliphatic rings. The van der Waals surface area contributed by atoms with Gasteiger partial charge in [-0.3, -0.25) is 0 Å². The Balaban J connectivity index is 2.11. The van der Waals surface area contributed by atoms with E-state index in [4.69, 9.17) is 14.2 Å². The lowest BCUT2D eigenvalue weighted by Gasteiger charge is -2.32. The molecule has 0 aromatic rings. The van der Waals surface area contributed by atoms with E-state index in [1.54, 1.807) is 7.11 Å². The van der Waals surface area contributed by atoms with E-state index >= 15 is 0 Å². The lowest BCUT2D eigenvalue weighted by Crippen LogP contribution is -2.44. The van der Waals surface area contributed by atoms with Crippen molar-refractivity contribution in [3.8, 4) is 0 Å². The van der Waals surface area contributed by atoms with Gasteiger partial charge in [0.15, 0.2) is 0 Å². The maximum Gasteiger partial charge on any atom is 0.100 e. The average molecular weight is 282 g/mol. The Morgan fingerprint density at radius 2 is 2.10 bits per heavy atom. The molecule has 0 radical (unpaired) electrons. The fourth-order valence-electron chi connectivity index (χ4n) is 3.72. The van der Waals surface area contributed by atoms with Crippen LogP contribution in [0.5, 0.6) is 0 Å². The zero-order chi connectivity index (χ0) is 15.0. The van der Waals surface area contributed by atoms with E-state index in [0.29, 0.717) is 12.0 Å². The van der Waals surface area contributed by atoms with Crippen LogP contribution in [-0.4, -0.2) is 37.1 Å². The molecular weight excluding hydrogens is 252 g/mol. The van der Waals surface area contributed by atoms with Gasteiger partial charge < -0.3 is 14.2 Å². The molecule has 0 spiro atoms. The van der Waals surface area contributed by atoms with Crippen molar-refractivity contribution >= 4 is 0 Å². The molecule has 3 nitrogen and oxygen atoms in total. The standard InChI is InChI=1S/C17H30O3/c1-7-10-17(11-19-17)15(13(4)18-6)16(5)14(20-16)9-8-12(2)3/h8,13-15H,7,9-11H2,1-6H3/t13?,14?,15?,16?,17-/m0/s1. The molecule has 2 heterocycles. The van der Waals surface area contributed by atoms with Crippen molar-refractivity contribution in [1.29, 1.82) is 0 Å². The molecule has 0 bridgehead atoms. The van der Waals surface area contributed by atoms with E-state index in [1.807, 2.05) is 0 Å². The number of ether oxygens (including phenoxy) is 3. The van der Waals surface area contributed by atoms with Gasteiger partial charge in [0.2, 0.25) is 0 Å². The highest BCUT2D eigenvalue weighted by molar-refractivity contribution is 5.17. The van der Waals surface area contributed by atoms with Crippen molar-refractivity contribution in [3.05, 3.63) is 11.6 Å². The number of hydrogen-bond donors (Lipinski definition) is 0. The number of methoxy groups -OCH3 is 1. The molecule has 3 heteroatoms. The molecule has 5 atom stereocenters. The summed E-state index contributed by atoms with van der Waals surface area (Å²) >= 11 is 0. The third-order valence-electron chi connectivity index (χ3n) is 4.93. The van der Waals surface area contributed by atoms with Crippen LogP contribution in [0.15, 0.2) is 11.6 Å². The predicted octanol–water partition coefficient (Wildman–Crippen LogP) is 3.72. The van der Waals surface area contributed by atoms with Gasteiger partial charge in [-0.25, -0.2) is 0 Å². The summed E-state index contributed by atoms with van der Waals surface area (Å²) in [5, 5.41) is 0. The molecule has 0 N–H and O–H groups in total. The molecule has 2 rings (SSSR count). The molecule has 20 heavy (non-hydrogen) atoms. The van der Waals surface area contributed by atoms with Gasteiger partial charge in [0.25, 0.3) is 0 Å². The fraction of sp³-hybridized carbons (Fsp3) is 0.882. The summed E-state index contributed by atoms with van der Waals surface area (Å²) in [6, 6.07) is 0. The third kappa shape index (κ3) is 2.95. The molecule has 0 saturated carbocycles. The summed E-state index contributed by atoms with van der Waals surface area (Å²) in [5.74, 6) is 0.315. The summed E-state index contributed by atoms with van der Waals surface area (Å²) in [5.41, 5.74) is 1.23. The number of epoxide rings is 2. The van der Waals surface area contributed by atoms with Crippen LogP contribution >= 0.6 is 0 Å². The maximum atomic E-state index is 6.11. The zero-order valence-electron chi connectivity index (χ0n) is 13.9. The first-order chi connectivity index (χ1) is 9.39. The molecule has 2 saturated heterocycles. The topological polar surface area (TPSA) is 34.3 Å². The second-order valence-corrected chi connectivity index (χ2v) is 6.83. The summed E-state index contributed by atoms with van der Waals surface area (Å²) < 4.78 is 17.6. The van der Waals surface area contributed by atoms with E-state index in [0.717, 1.165) is 25.9 Å². The van der Waals surface area contributed by atoms with Crippen molar-refractivity contribution < 1.29 is 14.2 Å². The Hall–Kier alpha value is -0.380. The highest BCUT2D eigenvalue weighted by Crippen LogP contribution is 2.56. The van der Waals surface area contributed by atoms with Crippen molar-refractivity contribution in [2.75, 3.05) is 13.7 Å². The van der Waals surface area contributed by atoms with E-state index in [1.165, 1.54) is 5.57 Å². The molecule has 0 amide bonds. The molecule has 0 aliphatic carbocycles. The Bertz CT molecular complexity index is 368. The van der Waals surface area contributed by atoms with Crippen molar-refractivity contribution in [1.82, 2.24) is 0 Å². The predicted molar refractivity (Wildman–Crippen MR) is 80.9 cm³/mol. The monoisotopic (exact) mass is 282 g/mol.